The molecule has 0 aliphatic carbocycles. The highest BCUT2D eigenvalue weighted by molar-refractivity contribution is 4.90. The van der Waals surface area contributed by atoms with Crippen molar-refractivity contribution < 1.29 is 4.74 Å². The topological polar surface area (TPSA) is 33.3 Å². The van der Waals surface area contributed by atoms with E-state index in [2.05, 4.69) is 24.5 Å². The maximum atomic E-state index is 5.44. The van der Waals surface area contributed by atoms with Gasteiger partial charge in [0.25, 0.3) is 0 Å². The molecule has 3 unspecified atom stereocenters. The first kappa shape index (κ1) is 12.3. The van der Waals surface area contributed by atoms with Crippen LogP contribution in [-0.4, -0.2) is 37.9 Å². The molecule has 0 aromatic rings. The highest BCUT2D eigenvalue weighted by Gasteiger charge is 2.28. The molecule has 2 N–H and O–H groups in total. The van der Waals surface area contributed by atoms with E-state index < -0.39 is 0 Å². The van der Waals surface area contributed by atoms with Crippen molar-refractivity contribution in [3.05, 3.63) is 0 Å². The van der Waals surface area contributed by atoms with Crippen LogP contribution in [0.15, 0.2) is 0 Å². The van der Waals surface area contributed by atoms with Gasteiger partial charge in [-0.15, -0.1) is 0 Å². The van der Waals surface area contributed by atoms with Gasteiger partial charge in [-0.05, 0) is 45.6 Å². The van der Waals surface area contributed by atoms with Crippen molar-refractivity contribution >= 4 is 0 Å². The Kier molecular flexibility index (Phi) is 4.22. The predicted molar refractivity (Wildman–Crippen MR) is 66.6 cm³/mol. The Hall–Kier alpha value is -0.120. The Balaban J connectivity index is 1.72. The Morgan fingerprint density at radius 3 is 3.00 bits per heavy atom. The number of nitrogens with one attached hydrogen (secondary N) is 2. The average molecular weight is 226 g/mol. The molecular weight excluding hydrogens is 200 g/mol. The van der Waals surface area contributed by atoms with Crippen LogP contribution < -0.4 is 10.6 Å². The zero-order chi connectivity index (χ0) is 11.4. The van der Waals surface area contributed by atoms with E-state index in [1.807, 2.05) is 0 Å². The molecule has 0 aromatic carbocycles. The van der Waals surface area contributed by atoms with E-state index in [1.54, 1.807) is 0 Å². The standard InChI is InChI=1S/C13H26N2O/c1-11(12-5-8-16-9-12)14-10-13(2)6-3-4-7-15-13/h11-12,14-15H,3-10H2,1-2H3. The van der Waals surface area contributed by atoms with Crippen LogP contribution in [-0.2, 0) is 4.74 Å². The van der Waals surface area contributed by atoms with E-state index >= 15 is 0 Å². The molecule has 0 radical (unpaired) electrons. The SMILES string of the molecule is CC(NCC1(C)CCCCN1)C1CCOC1. The molecule has 0 aromatic heterocycles. The maximum Gasteiger partial charge on any atom is 0.0509 e. The van der Waals surface area contributed by atoms with Gasteiger partial charge in [0.15, 0.2) is 0 Å². The molecule has 16 heavy (non-hydrogen) atoms. The summed E-state index contributed by atoms with van der Waals surface area (Å²) >= 11 is 0. The number of hydrogen-bond donors (Lipinski definition) is 2. The van der Waals surface area contributed by atoms with Crippen molar-refractivity contribution in [2.75, 3.05) is 26.3 Å². The molecule has 94 valence electrons. The first-order chi connectivity index (χ1) is 7.70. The van der Waals surface area contributed by atoms with Gasteiger partial charge in [0, 0.05) is 24.7 Å². The molecular formula is C13H26N2O. The Labute approximate surface area is 99.3 Å². The van der Waals surface area contributed by atoms with Crippen molar-refractivity contribution in [2.24, 2.45) is 5.92 Å². The quantitative estimate of drug-likeness (QED) is 0.763. The van der Waals surface area contributed by atoms with Crippen molar-refractivity contribution in [3.8, 4) is 0 Å². The summed E-state index contributed by atoms with van der Waals surface area (Å²) in [5.74, 6) is 0.715. The average Bonchev–Trinajstić information content (AvgIpc) is 2.80. The number of ether oxygens (including phenoxy) is 1. The second kappa shape index (κ2) is 5.48. The van der Waals surface area contributed by atoms with Crippen LogP contribution in [0.4, 0.5) is 0 Å². The smallest absolute Gasteiger partial charge is 0.0509 e. The molecule has 2 heterocycles. The second-order valence-electron chi connectivity index (χ2n) is 5.74. The van der Waals surface area contributed by atoms with E-state index in [-0.39, 0.29) is 0 Å². The molecule has 3 heteroatoms. The summed E-state index contributed by atoms with van der Waals surface area (Å²) in [6.07, 6.45) is 5.22. The molecule has 2 aliphatic rings. The van der Waals surface area contributed by atoms with Crippen LogP contribution in [0.25, 0.3) is 0 Å². The zero-order valence-corrected chi connectivity index (χ0v) is 10.7. The van der Waals surface area contributed by atoms with Crippen LogP contribution in [0.3, 0.4) is 0 Å². The molecule has 2 saturated heterocycles. The first-order valence-corrected chi connectivity index (χ1v) is 6.76. The molecule has 0 saturated carbocycles. The van der Waals surface area contributed by atoms with Crippen LogP contribution >= 0.6 is 0 Å². The summed E-state index contributed by atoms with van der Waals surface area (Å²) < 4.78 is 5.44. The number of rotatable bonds is 4. The van der Waals surface area contributed by atoms with Gasteiger partial charge < -0.3 is 15.4 Å². The maximum absolute atomic E-state index is 5.44. The number of piperidine rings is 1. The summed E-state index contributed by atoms with van der Waals surface area (Å²) in [4.78, 5) is 0. The van der Waals surface area contributed by atoms with Gasteiger partial charge in [-0.3, -0.25) is 0 Å². The third-order valence-electron chi connectivity index (χ3n) is 4.19. The second-order valence-corrected chi connectivity index (χ2v) is 5.74. The predicted octanol–water partition coefficient (Wildman–Crippen LogP) is 1.53. The fourth-order valence-electron chi connectivity index (χ4n) is 2.77. The monoisotopic (exact) mass is 226 g/mol. The normalized spacial score (nSPS) is 37.5. The summed E-state index contributed by atoms with van der Waals surface area (Å²) in [6.45, 7) is 8.80. The molecule has 0 amide bonds. The third kappa shape index (κ3) is 3.19. The molecule has 2 rings (SSSR count). The lowest BCUT2D eigenvalue weighted by Crippen LogP contribution is -2.54. The minimum atomic E-state index is 0.311. The summed E-state index contributed by atoms with van der Waals surface area (Å²) in [6, 6.07) is 0.586. The summed E-state index contributed by atoms with van der Waals surface area (Å²) in [5, 5.41) is 7.34. The van der Waals surface area contributed by atoms with Crippen molar-refractivity contribution in [3.63, 3.8) is 0 Å². The Morgan fingerprint density at radius 2 is 2.38 bits per heavy atom. The van der Waals surface area contributed by atoms with Crippen LogP contribution in [0.5, 0.6) is 0 Å². The van der Waals surface area contributed by atoms with Crippen molar-refractivity contribution in [1.29, 1.82) is 0 Å². The molecule has 2 aliphatic heterocycles. The molecule has 3 nitrogen and oxygen atoms in total. The lowest BCUT2D eigenvalue weighted by molar-refractivity contribution is 0.174. The molecule has 0 bridgehead atoms. The lowest BCUT2D eigenvalue weighted by Gasteiger charge is -2.36. The largest absolute Gasteiger partial charge is 0.381 e. The minimum Gasteiger partial charge on any atom is -0.381 e. The first-order valence-electron chi connectivity index (χ1n) is 6.76. The van der Waals surface area contributed by atoms with Gasteiger partial charge >= 0.3 is 0 Å². The van der Waals surface area contributed by atoms with Crippen LogP contribution in [0, 0.1) is 5.92 Å². The highest BCUT2D eigenvalue weighted by atomic mass is 16.5. The van der Waals surface area contributed by atoms with Crippen LogP contribution in [0.1, 0.15) is 39.5 Å². The lowest BCUT2D eigenvalue weighted by atomic mass is 9.90. The zero-order valence-electron chi connectivity index (χ0n) is 10.7. The third-order valence-corrected chi connectivity index (χ3v) is 4.19. The number of hydrogen-bond acceptors (Lipinski definition) is 3. The van der Waals surface area contributed by atoms with E-state index in [4.69, 9.17) is 4.74 Å². The van der Waals surface area contributed by atoms with Crippen LogP contribution in [0.2, 0.25) is 0 Å². The van der Waals surface area contributed by atoms with Gasteiger partial charge in [-0.2, -0.15) is 0 Å². The summed E-state index contributed by atoms with van der Waals surface area (Å²) in [7, 11) is 0. The van der Waals surface area contributed by atoms with Gasteiger partial charge in [0.1, 0.15) is 0 Å². The Morgan fingerprint density at radius 1 is 1.50 bits per heavy atom. The fourth-order valence-corrected chi connectivity index (χ4v) is 2.77. The molecule has 3 atom stereocenters. The Bertz CT molecular complexity index is 208. The highest BCUT2D eigenvalue weighted by Crippen LogP contribution is 2.20. The van der Waals surface area contributed by atoms with Gasteiger partial charge in [-0.1, -0.05) is 6.42 Å². The van der Waals surface area contributed by atoms with E-state index in [9.17, 15) is 0 Å². The van der Waals surface area contributed by atoms with E-state index in [0.717, 1.165) is 19.8 Å². The minimum absolute atomic E-state index is 0.311. The molecule has 2 fully saturated rings. The van der Waals surface area contributed by atoms with Gasteiger partial charge in [0.05, 0.1) is 6.61 Å². The van der Waals surface area contributed by atoms with Crippen molar-refractivity contribution in [1.82, 2.24) is 10.6 Å². The van der Waals surface area contributed by atoms with Crippen molar-refractivity contribution in [2.45, 2.75) is 51.1 Å². The van der Waals surface area contributed by atoms with Gasteiger partial charge in [-0.25, -0.2) is 0 Å². The van der Waals surface area contributed by atoms with E-state index in [1.165, 1.54) is 32.2 Å². The van der Waals surface area contributed by atoms with Gasteiger partial charge in [0.2, 0.25) is 0 Å². The van der Waals surface area contributed by atoms with E-state index in [0.29, 0.717) is 17.5 Å². The fraction of sp³-hybridized carbons (Fsp3) is 1.00. The molecule has 0 spiro atoms. The summed E-state index contributed by atoms with van der Waals surface area (Å²) in [5.41, 5.74) is 0.311.